The van der Waals surface area contributed by atoms with E-state index < -0.39 is 6.04 Å². The van der Waals surface area contributed by atoms with E-state index in [4.69, 9.17) is 5.73 Å². The lowest BCUT2D eigenvalue weighted by Gasteiger charge is -2.13. The van der Waals surface area contributed by atoms with E-state index in [1.807, 2.05) is 61.5 Å². The highest BCUT2D eigenvalue weighted by Crippen LogP contribution is 2.14. The van der Waals surface area contributed by atoms with E-state index in [-0.39, 0.29) is 5.91 Å². The van der Waals surface area contributed by atoms with Crippen LogP contribution in [-0.2, 0) is 17.8 Å². The van der Waals surface area contributed by atoms with Gasteiger partial charge in [-0.05, 0) is 31.0 Å². The van der Waals surface area contributed by atoms with E-state index in [0.717, 1.165) is 22.4 Å². The van der Waals surface area contributed by atoms with Crippen LogP contribution in [0.4, 0.5) is 0 Å². The van der Waals surface area contributed by atoms with Gasteiger partial charge in [-0.1, -0.05) is 42.5 Å². The van der Waals surface area contributed by atoms with Crippen LogP contribution >= 0.6 is 0 Å². The highest BCUT2D eigenvalue weighted by atomic mass is 16.2. The minimum absolute atomic E-state index is 0.124. The number of nitrogens with one attached hydrogen (secondary N) is 1. The van der Waals surface area contributed by atoms with Gasteiger partial charge < -0.3 is 15.6 Å². The van der Waals surface area contributed by atoms with Crippen molar-refractivity contribution in [2.45, 2.75) is 25.9 Å². The van der Waals surface area contributed by atoms with Crippen molar-refractivity contribution >= 4 is 16.9 Å². The quantitative estimate of drug-likeness (QED) is 0.729. The molecule has 0 fully saturated rings. The number of aryl methyl sites for hydroxylation is 1. The predicted molar refractivity (Wildman–Crippen MR) is 95.6 cm³/mol. The Kier molecular flexibility index (Phi) is 4.91. The largest absolute Gasteiger partial charge is 0.353 e. The lowest BCUT2D eigenvalue weighted by atomic mass is 10.1. The van der Waals surface area contributed by atoms with Crippen LogP contribution in [0, 0.1) is 6.92 Å². The molecule has 0 radical (unpaired) electrons. The second-order valence-electron chi connectivity index (χ2n) is 5.89. The Balaban J connectivity index is 1.55. The van der Waals surface area contributed by atoms with Gasteiger partial charge in [-0.15, -0.1) is 0 Å². The molecule has 1 amide bonds. The van der Waals surface area contributed by atoms with Gasteiger partial charge in [-0.3, -0.25) is 4.79 Å². The maximum atomic E-state index is 12.2. The van der Waals surface area contributed by atoms with Crippen LogP contribution in [0.15, 0.2) is 54.6 Å². The molecule has 0 aliphatic carbocycles. The maximum Gasteiger partial charge on any atom is 0.237 e. The summed E-state index contributed by atoms with van der Waals surface area (Å²) in [6.07, 6.45) is 0.541. The number of rotatable bonds is 6. The summed E-state index contributed by atoms with van der Waals surface area (Å²) < 4.78 is 2.11. The molecule has 0 unspecified atom stereocenters. The fourth-order valence-electron chi connectivity index (χ4n) is 2.86. The molecule has 5 heteroatoms. The predicted octanol–water partition coefficient (Wildman–Crippen LogP) is 2.03. The summed E-state index contributed by atoms with van der Waals surface area (Å²) in [5.41, 5.74) is 9.12. The number of hydrogen-bond donors (Lipinski definition) is 2. The van der Waals surface area contributed by atoms with Gasteiger partial charge in [-0.25, -0.2) is 4.98 Å². The van der Waals surface area contributed by atoms with Crippen LogP contribution in [-0.4, -0.2) is 28.0 Å². The van der Waals surface area contributed by atoms with E-state index in [1.165, 1.54) is 0 Å². The number of carbonyl (C=O) groups excluding carboxylic acids is 1. The Bertz CT molecular complexity index is 826. The monoisotopic (exact) mass is 322 g/mol. The first-order valence-electron chi connectivity index (χ1n) is 8.14. The molecule has 3 rings (SSSR count). The summed E-state index contributed by atoms with van der Waals surface area (Å²) in [7, 11) is 0. The van der Waals surface area contributed by atoms with Crippen LogP contribution in [0.5, 0.6) is 0 Å². The van der Waals surface area contributed by atoms with Gasteiger partial charge in [-0.2, -0.15) is 0 Å². The van der Waals surface area contributed by atoms with Crippen LogP contribution in [0.2, 0.25) is 0 Å². The molecule has 3 N–H and O–H groups in total. The van der Waals surface area contributed by atoms with Crippen molar-refractivity contribution in [1.82, 2.24) is 14.9 Å². The number of para-hydroxylation sites is 2. The molecule has 2 aromatic carbocycles. The molecule has 1 atom stereocenters. The Morgan fingerprint density at radius 1 is 1.17 bits per heavy atom. The zero-order chi connectivity index (χ0) is 16.9. The minimum Gasteiger partial charge on any atom is -0.353 e. The van der Waals surface area contributed by atoms with E-state index in [0.29, 0.717) is 19.5 Å². The molecule has 0 aliphatic rings. The van der Waals surface area contributed by atoms with Gasteiger partial charge in [0.1, 0.15) is 5.82 Å². The third-order valence-corrected chi connectivity index (χ3v) is 4.12. The summed E-state index contributed by atoms with van der Waals surface area (Å²) in [4.78, 5) is 16.7. The average Bonchev–Trinajstić information content (AvgIpc) is 2.91. The normalized spacial score (nSPS) is 12.2. The molecule has 3 aromatic rings. The van der Waals surface area contributed by atoms with Crippen LogP contribution in [0.25, 0.3) is 11.0 Å². The van der Waals surface area contributed by atoms with E-state index in [2.05, 4.69) is 14.9 Å². The number of aromatic nitrogens is 2. The average molecular weight is 322 g/mol. The molecule has 5 nitrogen and oxygen atoms in total. The molecule has 1 heterocycles. The number of hydrogen-bond acceptors (Lipinski definition) is 3. The van der Waals surface area contributed by atoms with Gasteiger partial charge in [0, 0.05) is 13.1 Å². The van der Waals surface area contributed by atoms with Crippen LogP contribution < -0.4 is 11.1 Å². The van der Waals surface area contributed by atoms with Crippen molar-refractivity contribution in [2.24, 2.45) is 5.73 Å². The topological polar surface area (TPSA) is 72.9 Å². The second-order valence-corrected chi connectivity index (χ2v) is 5.89. The molecule has 0 spiro atoms. The van der Waals surface area contributed by atoms with Gasteiger partial charge in [0.2, 0.25) is 5.91 Å². The fraction of sp³-hybridized carbons (Fsp3) is 0.263. The molecule has 24 heavy (non-hydrogen) atoms. The van der Waals surface area contributed by atoms with Crippen molar-refractivity contribution in [1.29, 1.82) is 0 Å². The summed E-state index contributed by atoms with van der Waals surface area (Å²) in [5.74, 6) is 0.819. The number of carbonyl (C=O) groups is 1. The van der Waals surface area contributed by atoms with E-state index >= 15 is 0 Å². The molecule has 124 valence electrons. The Labute approximate surface area is 141 Å². The van der Waals surface area contributed by atoms with Gasteiger partial charge in [0.25, 0.3) is 0 Å². The van der Waals surface area contributed by atoms with E-state index in [1.54, 1.807) is 0 Å². The summed E-state index contributed by atoms with van der Waals surface area (Å²) in [5, 5.41) is 2.92. The highest BCUT2D eigenvalue weighted by molar-refractivity contribution is 5.81. The third kappa shape index (κ3) is 3.63. The number of amides is 1. The number of fused-ring (bicyclic) bond motifs is 1. The van der Waals surface area contributed by atoms with Gasteiger partial charge in [0.15, 0.2) is 0 Å². The Hall–Kier alpha value is -2.66. The lowest BCUT2D eigenvalue weighted by Crippen LogP contribution is -2.43. The second kappa shape index (κ2) is 7.27. The summed E-state index contributed by atoms with van der Waals surface area (Å²) in [6, 6.07) is 17.3. The first-order valence-corrected chi connectivity index (χ1v) is 8.14. The molecule has 1 aromatic heterocycles. The molecule has 0 bridgehead atoms. The third-order valence-electron chi connectivity index (χ3n) is 4.12. The number of benzene rings is 2. The summed E-state index contributed by atoms with van der Waals surface area (Å²) >= 11 is 0. The smallest absolute Gasteiger partial charge is 0.237 e. The highest BCUT2D eigenvalue weighted by Gasteiger charge is 2.14. The zero-order valence-corrected chi connectivity index (χ0v) is 13.8. The minimum atomic E-state index is -0.534. The molecular formula is C19H22N4O. The standard InChI is InChI=1S/C19H22N4O/c1-14-22-17-9-5-6-10-18(17)23(14)12-11-21-19(24)16(20)13-15-7-3-2-4-8-15/h2-10,16H,11-13,20H2,1H3,(H,21,24)/t16-/m0/s1. The van der Waals surface area contributed by atoms with Gasteiger partial charge >= 0.3 is 0 Å². The first-order chi connectivity index (χ1) is 11.6. The molecule has 0 saturated carbocycles. The molecule has 0 saturated heterocycles. The molecule has 0 aliphatic heterocycles. The number of nitrogens with zero attached hydrogens (tertiary/aromatic N) is 2. The Morgan fingerprint density at radius 2 is 1.88 bits per heavy atom. The summed E-state index contributed by atoms with van der Waals surface area (Å²) in [6.45, 7) is 3.18. The van der Waals surface area contributed by atoms with Crippen molar-refractivity contribution in [3.8, 4) is 0 Å². The van der Waals surface area contributed by atoms with Crippen molar-refractivity contribution in [2.75, 3.05) is 6.54 Å². The maximum absolute atomic E-state index is 12.2. The van der Waals surface area contributed by atoms with E-state index in [9.17, 15) is 4.79 Å². The zero-order valence-electron chi connectivity index (χ0n) is 13.8. The van der Waals surface area contributed by atoms with Gasteiger partial charge in [0.05, 0.1) is 17.1 Å². The van der Waals surface area contributed by atoms with Crippen LogP contribution in [0.1, 0.15) is 11.4 Å². The number of nitrogens with two attached hydrogens (primary N) is 1. The molecular weight excluding hydrogens is 300 g/mol. The van der Waals surface area contributed by atoms with Crippen molar-refractivity contribution in [3.05, 3.63) is 66.0 Å². The van der Waals surface area contributed by atoms with Crippen molar-refractivity contribution in [3.63, 3.8) is 0 Å². The van der Waals surface area contributed by atoms with Crippen LogP contribution in [0.3, 0.4) is 0 Å². The SMILES string of the molecule is Cc1nc2ccccc2n1CCNC(=O)[C@@H](N)Cc1ccccc1. The first kappa shape index (κ1) is 16.2. The lowest BCUT2D eigenvalue weighted by molar-refractivity contribution is -0.122. The van der Waals surface area contributed by atoms with Crippen molar-refractivity contribution < 1.29 is 4.79 Å². The fourth-order valence-corrected chi connectivity index (χ4v) is 2.86. The Morgan fingerprint density at radius 3 is 2.67 bits per heavy atom. The number of imidazole rings is 1.